The van der Waals surface area contributed by atoms with Gasteiger partial charge in [0.05, 0.1) is 11.4 Å². The average molecular weight is 423 g/mol. The van der Waals surface area contributed by atoms with Crippen molar-refractivity contribution in [2.75, 3.05) is 5.32 Å². The van der Waals surface area contributed by atoms with Crippen LogP contribution in [0.2, 0.25) is 0 Å². The van der Waals surface area contributed by atoms with Crippen LogP contribution in [-0.4, -0.2) is 35.4 Å². The molecule has 0 aliphatic heterocycles. The lowest BCUT2D eigenvalue weighted by atomic mass is 10.2. The molecule has 0 bridgehead atoms. The zero-order valence-electron chi connectivity index (χ0n) is 17.0. The van der Waals surface area contributed by atoms with Crippen molar-refractivity contribution in [3.63, 3.8) is 0 Å². The molecule has 30 heavy (non-hydrogen) atoms. The standard InChI is InChI=1S/C20H22N8OS/c1-13-17(14(2)27(3)26-13)9-22-19(29)18-10-30-20(25-18)23-8-15-4-6-16(7-5-15)28-12-21-11-24-28/h4-7,10-12H,8-9H2,1-3H3,(H,22,29)(H,23,25). The van der Waals surface area contributed by atoms with Crippen molar-refractivity contribution >= 4 is 22.4 Å². The van der Waals surface area contributed by atoms with Crippen LogP contribution in [0.1, 0.15) is 33.0 Å². The number of rotatable bonds is 7. The lowest BCUT2D eigenvalue weighted by molar-refractivity contribution is 0.0946. The first-order valence-corrected chi connectivity index (χ1v) is 10.3. The third-order valence-corrected chi connectivity index (χ3v) is 5.68. The van der Waals surface area contributed by atoms with Gasteiger partial charge in [0.15, 0.2) is 5.13 Å². The lowest BCUT2D eigenvalue weighted by Crippen LogP contribution is -2.23. The number of amides is 1. The third kappa shape index (κ3) is 4.23. The summed E-state index contributed by atoms with van der Waals surface area (Å²) < 4.78 is 3.53. The summed E-state index contributed by atoms with van der Waals surface area (Å²) in [6.07, 6.45) is 3.16. The summed E-state index contributed by atoms with van der Waals surface area (Å²) in [6, 6.07) is 8.00. The summed E-state index contributed by atoms with van der Waals surface area (Å²) >= 11 is 1.41. The van der Waals surface area contributed by atoms with Crippen molar-refractivity contribution in [1.29, 1.82) is 0 Å². The number of hydrogen-bond donors (Lipinski definition) is 2. The van der Waals surface area contributed by atoms with Gasteiger partial charge < -0.3 is 10.6 Å². The van der Waals surface area contributed by atoms with Crippen molar-refractivity contribution in [3.05, 3.63) is 70.5 Å². The Kier molecular flexibility index (Phi) is 5.57. The molecule has 3 aromatic heterocycles. The van der Waals surface area contributed by atoms with Crippen LogP contribution in [-0.2, 0) is 20.1 Å². The maximum Gasteiger partial charge on any atom is 0.271 e. The summed E-state index contributed by atoms with van der Waals surface area (Å²) in [7, 11) is 1.90. The number of hydrogen-bond acceptors (Lipinski definition) is 7. The van der Waals surface area contributed by atoms with Gasteiger partial charge in [-0.25, -0.2) is 14.6 Å². The normalized spacial score (nSPS) is 10.9. The summed E-state index contributed by atoms with van der Waals surface area (Å²) in [5, 5.41) is 17.1. The molecule has 0 atom stereocenters. The van der Waals surface area contributed by atoms with Crippen molar-refractivity contribution < 1.29 is 4.79 Å². The molecule has 0 fully saturated rings. The van der Waals surface area contributed by atoms with Gasteiger partial charge in [0.1, 0.15) is 18.3 Å². The van der Waals surface area contributed by atoms with Gasteiger partial charge in [-0.05, 0) is 31.5 Å². The Labute approximate surface area is 177 Å². The molecular weight excluding hydrogens is 400 g/mol. The van der Waals surface area contributed by atoms with E-state index in [4.69, 9.17) is 0 Å². The number of aromatic nitrogens is 6. The van der Waals surface area contributed by atoms with Gasteiger partial charge in [-0.3, -0.25) is 9.48 Å². The molecular formula is C20H22N8OS. The third-order valence-electron chi connectivity index (χ3n) is 4.88. The Bertz CT molecular complexity index is 1140. The second-order valence-corrected chi connectivity index (χ2v) is 7.71. The van der Waals surface area contributed by atoms with Crippen LogP contribution in [0.5, 0.6) is 0 Å². The first-order valence-electron chi connectivity index (χ1n) is 9.42. The maximum atomic E-state index is 12.4. The molecule has 0 aliphatic carbocycles. The van der Waals surface area contributed by atoms with Crippen molar-refractivity contribution in [3.8, 4) is 5.69 Å². The zero-order valence-corrected chi connectivity index (χ0v) is 17.8. The molecule has 9 nitrogen and oxygen atoms in total. The fourth-order valence-electron chi connectivity index (χ4n) is 3.08. The number of anilines is 1. The van der Waals surface area contributed by atoms with Crippen LogP contribution < -0.4 is 10.6 Å². The Morgan fingerprint density at radius 2 is 1.97 bits per heavy atom. The van der Waals surface area contributed by atoms with E-state index in [0.29, 0.717) is 23.9 Å². The van der Waals surface area contributed by atoms with Gasteiger partial charge >= 0.3 is 0 Å². The van der Waals surface area contributed by atoms with E-state index in [2.05, 4.69) is 30.8 Å². The molecule has 0 spiro atoms. The second-order valence-electron chi connectivity index (χ2n) is 6.85. The van der Waals surface area contributed by atoms with Gasteiger partial charge in [-0.15, -0.1) is 11.3 Å². The summed E-state index contributed by atoms with van der Waals surface area (Å²) in [6.45, 7) is 4.98. The van der Waals surface area contributed by atoms with Gasteiger partial charge in [0.2, 0.25) is 0 Å². The molecule has 0 aliphatic rings. The predicted octanol–water partition coefficient (Wildman–Crippen LogP) is 2.62. The molecule has 0 unspecified atom stereocenters. The molecule has 4 rings (SSSR count). The minimum atomic E-state index is -0.195. The molecule has 154 valence electrons. The number of aryl methyl sites for hydroxylation is 2. The van der Waals surface area contributed by atoms with E-state index in [1.165, 1.54) is 17.7 Å². The highest BCUT2D eigenvalue weighted by Crippen LogP contribution is 2.18. The number of carbonyl (C=O) groups excluding carboxylic acids is 1. The number of thiazole rings is 1. The minimum absolute atomic E-state index is 0.195. The molecule has 0 saturated heterocycles. The number of benzene rings is 1. The molecule has 2 N–H and O–H groups in total. The highest BCUT2D eigenvalue weighted by molar-refractivity contribution is 7.13. The van der Waals surface area contributed by atoms with Crippen LogP contribution >= 0.6 is 11.3 Å². The zero-order chi connectivity index (χ0) is 21.1. The Morgan fingerprint density at radius 3 is 2.63 bits per heavy atom. The van der Waals surface area contributed by atoms with Crippen LogP contribution in [0.4, 0.5) is 5.13 Å². The largest absolute Gasteiger partial charge is 0.357 e. The van der Waals surface area contributed by atoms with E-state index >= 15 is 0 Å². The first kappa shape index (κ1) is 19.8. The topological polar surface area (TPSA) is 103 Å². The fraction of sp³-hybridized carbons (Fsp3) is 0.250. The van der Waals surface area contributed by atoms with Crippen molar-refractivity contribution in [2.24, 2.45) is 7.05 Å². The number of carbonyl (C=O) groups is 1. The monoisotopic (exact) mass is 422 g/mol. The van der Waals surface area contributed by atoms with E-state index in [1.54, 1.807) is 16.4 Å². The predicted molar refractivity (Wildman–Crippen MR) is 115 cm³/mol. The molecule has 4 aromatic rings. The molecule has 0 radical (unpaired) electrons. The summed E-state index contributed by atoms with van der Waals surface area (Å²) in [5.41, 5.74) is 5.46. The molecule has 1 aromatic carbocycles. The number of nitrogens with one attached hydrogen (secondary N) is 2. The van der Waals surface area contributed by atoms with Crippen molar-refractivity contribution in [2.45, 2.75) is 26.9 Å². The van der Waals surface area contributed by atoms with Gasteiger partial charge in [0, 0.05) is 36.8 Å². The van der Waals surface area contributed by atoms with Gasteiger partial charge in [0.25, 0.3) is 5.91 Å². The Morgan fingerprint density at radius 1 is 1.17 bits per heavy atom. The molecule has 0 saturated carbocycles. The molecule has 1 amide bonds. The average Bonchev–Trinajstić information content (AvgIpc) is 3.48. The smallest absolute Gasteiger partial charge is 0.271 e. The van der Waals surface area contributed by atoms with Crippen LogP contribution in [0.3, 0.4) is 0 Å². The van der Waals surface area contributed by atoms with E-state index in [0.717, 1.165) is 28.2 Å². The Hall–Kier alpha value is -3.53. The van der Waals surface area contributed by atoms with Crippen LogP contribution in [0.25, 0.3) is 5.69 Å². The van der Waals surface area contributed by atoms with Crippen LogP contribution in [0.15, 0.2) is 42.3 Å². The molecule has 10 heteroatoms. The highest BCUT2D eigenvalue weighted by atomic mass is 32.1. The molecule has 3 heterocycles. The lowest BCUT2D eigenvalue weighted by Gasteiger charge is -2.05. The Balaban J connectivity index is 1.32. The maximum absolute atomic E-state index is 12.4. The quantitative estimate of drug-likeness (QED) is 0.475. The highest BCUT2D eigenvalue weighted by Gasteiger charge is 2.14. The summed E-state index contributed by atoms with van der Waals surface area (Å²) in [4.78, 5) is 20.8. The van der Waals surface area contributed by atoms with E-state index in [1.807, 2.05) is 49.8 Å². The van der Waals surface area contributed by atoms with Gasteiger partial charge in [-0.2, -0.15) is 10.2 Å². The van der Waals surface area contributed by atoms with E-state index in [-0.39, 0.29) is 5.91 Å². The number of nitrogens with zero attached hydrogens (tertiary/aromatic N) is 6. The van der Waals surface area contributed by atoms with E-state index in [9.17, 15) is 4.79 Å². The minimum Gasteiger partial charge on any atom is -0.357 e. The van der Waals surface area contributed by atoms with Crippen molar-refractivity contribution in [1.82, 2.24) is 34.8 Å². The first-order chi connectivity index (χ1) is 14.5. The van der Waals surface area contributed by atoms with Gasteiger partial charge in [-0.1, -0.05) is 12.1 Å². The van der Waals surface area contributed by atoms with Crippen LogP contribution in [0, 0.1) is 13.8 Å². The summed E-state index contributed by atoms with van der Waals surface area (Å²) in [5.74, 6) is -0.195. The SMILES string of the molecule is Cc1nn(C)c(C)c1CNC(=O)c1csc(NCc2ccc(-n3cncn3)cc2)n1. The second kappa shape index (κ2) is 8.46. The van der Waals surface area contributed by atoms with E-state index < -0.39 is 0 Å². The fourth-order valence-corrected chi connectivity index (χ4v) is 3.77.